The highest BCUT2D eigenvalue weighted by Gasteiger charge is 2.38. The first-order chi connectivity index (χ1) is 13.9. The van der Waals surface area contributed by atoms with Crippen molar-refractivity contribution in [1.82, 2.24) is 4.90 Å². The number of hydrogen-bond acceptors (Lipinski definition) is 4. The minimum Gasteiger partial charge on any atom is -0.377 e. The van der Waals surface area contributed by atoms with Crippen molar-refractivity contribution in [3.8, 4) is 0 Å². The lowest BCUT2D eigenvalue weighted by molar-refractivity contribution is -0.137. The number of rotatable bonds is 8. The standard InChI is InChI=1S/C24H28N2O3/c1-16(2)18-10-12-20(13-11-18)25-22-21(19-8-6-5-7-9-19)23(27)26(24(22)28)14-15-29-17(3)4/h5-13,16-17,25H,14-15H2,1-4H3. The third kappa shape index (κ3) is 4.74. The van der Waals surface area contributed by atoms with Gasteiger partial charge in [-0.2, -0.15) is 0 Å². The van der Waals surface area contributed by atoms with Crippen molar-refractivity contribution in [2.24, 2.45) is 0 Å². The van der Waals surface area contributed by atoms with E-state index in [0.717, 1.165) is 11.3 Å². The molecule has 1 aliphatic heterocycles. The molecule has 1 heterocycles. The third-order valence-electron chi connectivity index (χ3n) is 4.84. The van der Waals surface area contributed by atoms with E-state index in [1.54, 1.807) is 0 Å². The summed E-state index contributed by atoms with van der Waals surface area (Å²) in [4.78, 5) is 27.4. The van der Waals surface area contributed by atoms with Crippen LogP contribution in [0.5, 0.6) is 0 Å². The first-order valence-electron chi connectivity index (χ1n) is 10.0. The number of amides is 2. The zero-order valence-electron chi connectivity index (χ0n) is 17.4. The molecule has 0 saturated heterocycles. The predicted octanol–water partition coefficient (Wildman–Crippen LogP) is 4.43. The summed E-state index contributed by atoms with van der Waals surface area (Å²) >= 11 is 0. The molecule has 0 aliphatic carbocycles. The van der Waals surface area contributed by atoms with E-state index in [1.807, 2.05) is 68.4 Å². The molecule has 5 heteroatoms. The van der Waals surface area contributed by atoms with Crippen molar-refractivity contribution in [3.63, 3.8) is 0 Å². The summed E-state index contributed by atoms with van der Waals surface area (Å²) in [5, 5.41) is 3.19. The van der Waals surface area contributed by atoms with Gasteiger partial charge in [-0.25, -0.2) is 0 Å². The smallest absolute Gasteiger partial charge is 0.278 e. The van der Waals surface area contributed by atoms with E-state index in [2.05, 4.69) is 19.2 Å². The Labute approximate surface area is 172 Å². The van der Waals surface area contributed by atoms with Gasteiger partial charge in [0.05, 0.1) is 24.8 Å². The number of anilines is 1. The average Bonchev–Trinajstić information content (AvgIpc) is 2.93. The van der Waals surface area contributed by atoms with Gasteiger partial charge in [0.1, 0.15) is 5.70 Å². The summed E-state index contributed by atoms with van der Waals surface area (Å²) in [5.41, 5.74) is 3.42. The first-order valence-corrected chi connectivity index (χ1v) is 10.0. The van der Waals surface area contributed by atoms with Crippen LogP contribution >= 0.6 is 0 Å². The van der Waals surface area contributed by atoms with Crippen LogP contribution in [-0.4, -0.2) is 36.0 Å². The molecule has 3 rings (SSSR count). The predicted molar refractivity (Wildman–Crippen MR) is 115 cm³/mol. The van der Waals surface area contributed by atoms with Gasteiger partial charge in [-0.15, -0.1) is 0 Å². The highest BCUT2D eigenvalue weighted by Crippen LogP contribution is 2.30. The van der Waals surface area contributed by atoms with Crippen LogP contribution < -0.4 is 5.32 Å². The molecule has 1 N–H and O–H groups in total. The van der Waals surface area contributed by atoms with Crippen LogP contribution in [0.25, 0.3) is 5.57 Å². The van der Waals surface area contributed by atoms with Gasteiger partial charge in [0.15, 0.2) is 0 Å². The molecule has 0 fully saturated rings. The topological polar surface area (TPSA) is 58.6 Å². The van der Waals surface area contributed by atoms with E-state index in [9.17, 15) is 9.59 Å². The first kappa shape index (κ1) is 20.8. The van der Waals surface area contributed by atoms with Crippen molar-refractivity contribution in [1.29, 1.82) is 0 Å². The second-order valence-corrected chi connectivity index (χ2v) is 7.70. The van der Waals surface area contributed by atoms with Crippen molar-refractivity contribution in [3.05, 3.63) is 71.4 Å². The summed E-state index contributed by atoms with van der Waals surface area (Å²) in [7, 11) is 0. The van der Waals surface area contributed by atoms with Crippen molar-refractivity contribution >= 4 is 23.1 Å². The fourth-order valence-corrected chi connectivity index (χ4v) is 3.24. The van der Waals surface area contributed by atoms with Crippen LogP contribution in [0.2, 0.25) is 0 Å². The van der Waals surface area contributed by atoms with Gasteiger partial charge in [0, 0.05) is 5.69 Å². The van der Waals surface area contributed by atoms with E-state index >= 15 is 0 Å². The second kappa shape index (κ2) is 9.05. The monoisotopic (exact) mass is 392 g/mol. The molecule has 29 heavy (non-hydrogen) atoms. The maximum atomic E-state index is 13.1. The van der Waals surface area contributed by atoms with Gasteiger partial charge < -0.3 is 10.1 Å². The van der Waals surface area contributed by atoms with Crippen LogP contribution in [0.15, 0.2) is 60.3 Å². The summed E-state index contributed by atoms with van der Waals surface area (Å²) in [6.45, 7) is 8.66. The van der Waals surface area contributed by atoms with Crippen LogP contribution in [0.1, 0.15) is 44.7 Å². The molecule has 2 amide bonds. The van der Waals surface area contributed by atoms with E-state index in [-0.39, 0.29) is 24.5 Å². The lowest BCUT2D eigenvalue weighted by Crippen LogP contribution is -2.35. The summed E-state index contributed by atoms with van der Waals surface area (Å²) in [5.74, 6) is -0.196. The van der Waals surface area contributed by atoms with Gasteiger partial charge in [0.2, 0.25) is 0 Å². The lowest BCUT2D eigenvalue weighted by atomic mass is 10.0. The third-order valence-corrected chi connectivity index (χ3v) is 4.84. The summed E-state index contributed by atoms with van der Waals surface area (Å²) < 4.78 is 5.55. The van der Waals surface area contributed by atoms with Crippen LogP contribution in [-0.2, 0) is 14.3 Å². The van der Waals surface area contributed by atoms with Crippen molar-refractivity contribution in [2.75, 3.05) is 18.5 Å². The lowest BCUT2D eigenvalue weighted by Gasteiger charge is -2.16. The SMILES string of the molecule is CC(C)OCCN1C(=O)C(Nc2ccc(C(C)C)cc2)=C(c2ccccc2)C1=O. The van der Waals surface area contributed by atoms with Crippen molar-refractivity contribution < 1.29 is 14.3 Å². The molecule has 2 aromatic rings. The van der Waals surface area contributed by atoms with Crippen LogP contribution in [0.4, 0.5) is 5.69 Å². The Hall–Kier alpha value is -2.92. The highest BCUT2D eigenvalue weighted by molar-refractivity contribution is 6.36. The summed E-state index contributed by atoms with van der Waals surface area (Å²) in [6.07, 6.45) is 0.0430. The number of hydrogen-bond donors (Lipinski definition) is 1. The molecule has 0 radical (unpaired) electrons. The molecule has 0 unspecified atom stereocenters. The number of carbonyl (C=O) groups excluding carboxylic acids is 2. The van der Waals surface area contributed by atoms with Crippen molar-refractivity contribution in [2.45, 2.75) is 39.7 Å². The minimum atomic E-state index is -0.325. The van der Waals surface area contributed by atoms with E-state index < -0.39 is 0 Å². The fraction of sp³-hybridized carbons (Fsp3) is 0.333. The zero-order chi connectivity index (χ0) is 21.0. The molecule has 152 valence electrons. The fourth-order valence-electron chi connectivity index (χ4n) is 3.24. The average molecular weight is 392 g/mol. The Morgan fingerprint density at radius 3 is 2.14 bits per heavy atom. The largest absolute Gasteiger partial charge is 0.377 e. The van der Waals surface area contributed by atoms with E-state index in [1.165, 1.54) is 10.5 Å². The highest BCUT2D eigenvalue weighted by atomic mass is 16.5. The quantitative estimate of drug-likeness (QED) is 0.676. The number of carbonyl (C=O) groups is 2. The molecule has 0 saturated carbocycles. The van der Waals surface area contributed by atoms with E-state index in [4.69, 9.17) is 4.74 Å². The second-order valence-electron chi connectivity index (χ2n) is 7.70. The molecule has 0 spiro atoms. The van der Waals surface area contributed by atoms with E-state index in [0.29, 0.717) is 23.8 Å². The van der Waals surface area contributed by atoms with Crippen LogP contribution in [0, 0.1) is 0 Å². The Bertz CT molecular complexity index is 899. The minimum absolute atomic E-state index is 0.0430. The Balaban J connectivity index is 1.91. The maximum absolute atomic E-state index is 13.1. The molecule has 5 nitrogen and oxygen atoms in total. The van der Waals surface area contributed by atoms with Crippen LogP contribution in [0.3, 0.4) is 0 Å². The number of benzene rings is 2. The molecule has 0 bridgehead atoms. The number of nitrogens with zero attached hydrogens (tertiary/aromatic N) is 1. The molecule has 0 atom stereocenters. The van der Waals surface area contributed by atoms with Gasteiger partial charge in [-0.1, -0.05) is 56.3 Å². The Morgan fingerprint density at radius 2 is 1.55 bits per heavy atom. The Morgan fingerprint density at radius 1 is 0.897 bits per heavy atom. The van der Waals surface area contributed by atoms with Gasteiger partial charge in [-0.3, -0.25) is 14.5 Å². The Kier molecular flexibility index (Phi) is 6.49. The number of imide groups is 1. The van der Waals surface area contributed by atoms with Gasteiger partial charge in [0.25, 0.3) is 11.8 Å². The maximum Gasteiger partial charge on any atom is 0.278 e. The number of nitrogens with one attached hydrogen (secondary N) is 1. The molecule has 0 aromatic heterocycles. The normalized spacial score (nSPS) is 14.5. The molecular weight excluding hydrogens is 364 g/mol. The van der Waals surface area contributed by atoms with Gasteiger partial charge in [-0.05, 0) is 43.0 Å². The van der Waals surface area contributed by atoms with Gasteiger partial charge >= 0.3 is 0 Å². The summed E-state index contributed by atoms with van der Waals surface area (Å²) in [6, 6.07) is 17.2. The molecule has 2 aromatic carbocycles. The molecule has 1 aliphatic rings. The zero-order valence-corrected chi connectivity index (χ0v) is 17.4. The molecular formula is C24H28N2O3. The number of ether oxygens (including phenoxy) is 1.